The Labute approximate surface area is 86.4 Å². The van der Waals surface area contributed by atoms with E-state index in [0.29, 0.717) is 12.1 Å². The van der Waals surface area contributed by atoms with Crippen molar-refractivity contribution in [2.45, 2.75) is 6.54 Å². The number of phenols is 2. The molecule has 0 fully saturated rings. The molecule has 78 valence electrons. The van der Waals surface area contributed by atoms with Gasteiger partial charge < -0.3 is 15.5 Å². The minimum absolute atomic E-state index is 0.0894. The number of hydrogen-bond acceptors (Lipinski definition) is 4. The van der Waals surface area contributed by atoms with Crippen molar-refractivity contribution >= 4 is 5.69 Å². The summed E-state index contributed by atoms with van der Waals surface area (Å²) in [6.07, 6.45) is 3.35. The Morgan fingerprint density at radius 1 is 1.33 bits per heavy atom. The minimum atomic E-state index is -0.110. The highest BCUT2D eigenvalue weighted by Gasteiger charge is 2.05. The summed E-state index contributed by atoms with van der Waals surface area (Å²) >= 11 is 0. The molecule has 2 aromatic rings. The van der Waals surface area contributed by atoms with Crippen molar-refractivity contribution in [1.82, 2.24) is 10.2 Å². The van der Waals surface area contributed by atoms with Gasteiger partial charge in [0, 0.05) is 18.3 Å². The highest BCUT2D eigenvalue weighted by Crippen LogP contribution is 2.28. The fourth-order valence-electron chi connectivity index (χ4n) is 1.27. The Morgan fingerprint density at radius 3 is 2.93 bits per heavy atom. The van der Waals surface area contributed by atoms with Gasteiger partial charge in [0.05, 0.1) is 11.9 Å². The molecular weight excluding hydrogens is 194 g/mol. The number of para-hydroxylation sites is 1. The SMILES string of the molecule is Oc1cccc(CNc2cn[nH]c2)c1O. The summed E-state index contributed by atoms with van der Waals surface area (Å²) < 4.78 is 0. The van der Waals surface area contributed by atoms with Crippen LogP contribution >= 0.6 is 0 Å². The summed E-state index contributed by atoms with van der Waals surface area (Å²) in [6, 6.07) is 4.86. The maximum Gasteiger partial charge on any atom is 0.162 e. The van der Waals surface area contributed by atoms with Gasteiger partial charge in [-0.1, -0.05) is 12.1 Å². The summed E-state index contributed by atoms with van der Waals surface area (Å²) in [5.41, 5.74) is 1.47. The summed E-state index contributed by atoms with van der Waals surface area (Å²) in [5, 5.41) is 28.3. The quantitative estimate of drug-likeness (QED) is 0.571. The van der Waals surface area contributed by atoms with Crippen molar-refractivity contribution in [2.24, 2.45) is 0 Å². The van der Waals surface area contributed by atoms with Crippen LogP contribution < -0.4 is 5.32 Å². The average Bonchev–Trinajstić information content (AvgIpc) is 2.73. The molecule has 0 saturated carbocycles. The molecule has 0 radical (unpaired) electrons. The smallest absolute Gasteiger partial charge is 0.162 e. The topological polar surface area (TPSA) is 81.2 Å². The Morgan fingerprint density at radius 2 is 2.20 bits per heavy atom. The van der Waals surface area contributed by atoms with Crippen molar-refractivity contribution in [3.05, 3.63) is 36.2 Å². The zero-order chi connectivity index (χ0) is 10.7. The molecule has 0 aliphatic carbocycles. The van der Waals surface area contributed by atoms with E-state index in [1.807, 2.05) is 0 Å². The first kappa shape index (κ1) is 9.39. The van der Waals surface area contributed by atoms with Gasteiger partial charge in [0.25, 0.3) is 0 Å². The maximum atomic E-state index is 9.51. The third-order valence-electron chi connectivity index (χ3n) is 2.08. The molecule has 0 aliphatic heterocycles. The van der Waals surface area contributed by atoms with E-state index in [9.17, 15) is 10.2 Å². The maximum absolute atomic E-state index is 9.51. The summed E-state index contributed by atoms with van der Waals surface area (Å²) in [5.74, 6) is -0.199. The molecule has 0 saturated heterocycles. The molecule has 0 bridgehead atoms. The molecule has 0 aliphatic rings. The second kappa shape index (κ2) is 3.91. The third-order valence-corrected chi connectivity index (χ3v) is 2.08. The van der Waals surface area contributed by atoms with Crippen LogP contribution in [0.5, 0.6) is 11.5 Å². The molecule has 1 heterocycles. The van der Waals surface area contributed by atoms with E-state index in [1.54, 1.807) is 24.5 Å². The number of rotatable bonds is 3. The average molecular weight is 205 g/mol. The van der Waals surface area contributed by atoms with Crippen LogP contribution in [0.25, 0.3) is 0 Å². The lowest BCUT2D eigenvalue weighted by Crippen LogP contribution is -1.98. The van der Waals surface area contributed by atoms with Gasteiger partial charge in [-0.05, 0) is 6.07 Å². The lowest BCUT2D eigenvalue weighted by atomic mass is 10.2. The van der Waals surface area contributed by atoms with Gasteiger partial charge in [0.1, 0.15) is 0 Å². The van der Waals surface area contributed by atoms with Crippen LogP contribution in [0.3, 0.4) is 0 Å². The van der Waals surface area contributed by atoms with Gasteiger partial charge in [-0.15, -0.1) is 0 Å². The van der Waals surface area contributed by atoms with Crippen LogP contribution in [-0.2, 0) is 6.54 Å². The zero-order valence-electron chi connectivity index (χ0n) is 7.94. The zero-order valence-corrected chi connectivity index (χ0v) is 7.94. The van der Waals surface area contributed by atoms with Crippen LogP contribution in [-0.4, -0.2) is 20.4 Å². The third kappa shape index (κ3) is 2.01. The lowest BCUT2D eigenvalue weighted by Gasteiger charge is -2.06. The molecule has 1 aromatic carbocycles. The number of aromatic nitrogens is 2. The molecule has 2 rings (SSSR count). The number of hydrogen-bond donors (Lipinski definition) is 4. The van der Waals surface area contributed by atoms with E-state index < -0.39 is 0 Å². The van der Waals surface area contributed by atoms with E-state index >= 15 is 0 Å². The van der Waals surface area contributed by atoms with E-state index in [-0.39, 0.29) is 11.5 Å². The molecule has 0 amide bonds. The second-order valence-electron chi connectivity index (χ2n) is 3.13. The van der Waals surface area contributed by atoms with Gasteiger partial charge in [0.2, 0.25) is 0 Å². The van der Waals surface area contributed by atoms with Crippen LogP contribution in [0.1, 0.15) is 5.56 Å². The van der Waals surface area contributed by atoms with Crippen molar-refractivity contribution in [3.63, 3.8) is 0 Å². The molecular formula is C10H11N3O2. The standard InChI is InChI=1S/C10H11N3O2/c14-9-3-1-2-7(10(9)15)4-11-8-5-12-13-6-8/h1-3,5-6,11,14-15H,4H2,(H,12,13). The normalized spacial score (nSPS) is 10.1. The number of nitrogens with one attached hydrogen (secondary N) is 2. The van der Waals surface area contributed by atoms with Gasteiger partial charge >= 0.3 is 0 Å². The predicted octanol–water partition coefficient (Wildman–Crippen LogP) is 1.43. The van der Waals surface area contributed by atoms with Crippen molar-refractivity contribution in [1.29, 1.82) is 0 Å². The molecule has 0 atom stereocenters. The molecule has 5 nitrogen and oxygen atoms in total. The molecule has 15 heavy (non-hydrogen) atoms. The Kier molecular flexibility index (Phi) is 2.45. The minimum Gasteiger partial charge on any atom is -0.504 e. The monoisotopic (exact) mass is 205 g/mol. The number of phenolic OH excluding ortho intramolecular Hbond substituents is 2. The van der Waals surface area contributed by atoms with Crippen molar-refractivity contribution < 1.29 is 10.2 Å². The first-order valence-corrected chi connectivity index (χ1v) is 4.50. The molecule has 0 spiro atoms. The van der Waals surface area contributed by atoms with Crippen molar-refractivity contribution in [2.75, 3.05) is 5.32 Å². The fraction of sp³-hybridized carbons (Fsp3) is 0.100. The summed E-state index contributed by atoms with van der Waals surface area (Å²) in [7, 11) is 0. The number of anilines is 1. The van der Waals surface area contributed by atoms with Crippen molar-refractivity contribution in [3.8, 4) is 11.5 Å². The van der Waals surface area contributed by atoms with E-state index in [0.717, 1.165) is 5.69 Å². The van der Waals surface area contributed by atoms with E-state index in [4.69, 9.17) is 0 Å². The van der Waals surface area contributed by atoms with Gasteiger partial charge in [-0.3, -0.25) is 5.10 Å². The summed E-state index contributed by atoms with van der Waals surface area (Å²) in [4.78, 5) is 0. The molecule has 0 unspecified atom stereocenters. The largest absolute Gasteiger partial charge is 0.504 e. The number of aromatic amines is 1. The number of benzene rings is 1. The first-order chi connectivity index (χ1) is 7.27. The van der Waals surface area contributed by atoms with Gasteiger partial charge in [0.15, 0.2) is 11.5 Å². The van der Waals surface area contributed by atoms with Gasteiger partial charge in [-0.2, -0.15) is 5.10 Å². The second-order valence-corrected chi connectivity index (χ2v) is 3.13. The molecule has 5 heteroatoms. The number of H-pyrrole nitrogens is 1. The highest BCUT2D eigenvalue weighted by molar-refractivity contribution is 5.47. The Balaban J connectivity index is 2.08. The van der Waals surface area contributed by atoms with E-state index in [1.165, 1.54) is 6.07 Å². The number of aromatic hydroxyl groups is 2. The Bertz CT molecular complexity index is 440. The van der Waals surface area contributed by atoms with Crippen LogP contribution in [0.2, 0.25) is 0 Å². The lowest BCUT2D eigenvalue weighted by molar-refractivity contribution is 0.400. The predicted molar refractivity (Wildman–Crippen MR) is 55.7 cm³/mol. The van der Waals surface area contributed by atoms with Crippen LogP contribution in [0.15, 0.2) is 30.6 Å². The summed E-state index contributed by atoms with van der Waals surface area (Å²) in [6.45, 7) is 0.430. The molecule has 4 N–H and O–H groups in total. The van der Waals surface area contributed by atoms with E-state index in [2.05, 4.69) is 15.5 Å². The number of nitrogens with zero attached hydrogens (tertiary/aromatic N) is 1. The van der Waals surface area contributed by atoms with Crippen LogP contribution in [0, 0.1) is 0 Å². The molecule has 1 aromatic heterocycles. The Hall–Kier alpha value is -2.17. The first-order valence-electron chi connectivity index (χ1n) is 4.50. The highest BCUT2D eigenvalue weighted by atomic mass is 16.3. The van der Waals surface area contributed by atoms with Gasteiger partial charge in [-0.25, -0.2) is 0 Å². The fourth-order valence-corrected chi connectivity index (χ4v) is 1.27. The van der Waals surface area contributed by atoms with Crippen LogP contribution in [0.4, 0.5) is 5.69 Å².